The fourth-order valence-electron chi connectivity index (χ4n) is 11.6. The Kier molecular flexibility index (Phi) is 6.91. The van der Waals surface area contributed by atoms with E-state index in [0.29, 0.717) is 0 Å². The van der Waals surface area contributed by atoms with Crippen molar-refractivity contribution in [1.29, 1.82) is 0 Å². The molecule has 0 amide bonds. The Morgan fingerprint density at radius 2 is 0.593 bits per heavy atom. The monoisotopic (exact) mass is 754 g/mol. The van der Waals surface area contributed by atoms with E-state index in [1.165, 1.54) is 122 Å². The molecule has 59 heavy (non-hydrogen) atoms. The molecule has 0 fully saturated rings. The smallest absolute Gasteiger partial charge is 0.0159 e. The number of benzene rings is 9. The van der Waals surface area contributed by atoms with Crippen LogP contribution >= 0.6 is 0 Å². The Hall–Kier alpha value is -6.50. The van der Waals surface area contributed by atoms with Crippen LogP contribution in [0.15, 0.2) is 170 Å². The molecule has 9 aromatic rings. The van der Waals surface area contributed by atoms with Gasteiger partial charge in [0.2, 0.25) is 0 Å². The molecule has 0 radical (unpaired) electrons. The van der Waals surface area contributed by atoms with Crippen LogP contribution in [0.3, 0.4) is 0 Å². The molecule has 0 saturated carbocycles. The first-order chi connectivity index (χ1) is 28.5. The van der Waals surface area contributed by atoms with Gasteiger partial charge in [0, 0.05) is 16.2 Å². The van der Waals surface area contributed by atoms with Gasteiger partial charge in [-0.25, -0.2) is 0 Å². The maximum absolute atomic E-state index is 2.51. The van der Waals surface area contributed by atoms with Crippen LogP contribution < -0.4 is 0 Å². The van der Waals surface area contributed by atoms with Crippen LogP contribution in [0.4, 0.5) is 0 Å². The molecule has 0 aliphatic heterocycles. The maximum atomic E-state index is 2.51. The minimum Gasteiger partial charge on any atom is -0.0619 e. The normalized spacial score (nSPS) is 15.7. The molecule has 0 nitrogen and oxygen atoms in total. The molecular formula is C59H46. The first-order valence-corrected chi connectivity index (χ1v) is 21.3. The molecule has 12 rings (SSSR count). The molecule has 9 aromatic carbocycles. The van der Waals surface area contributed by atoms with Crippen LogP contribution in [0.1, 0.15) is 74.9 Å². The lowest BCUT2D eigenvalue weighted by atomic mass is 9.79. The average Bonchev–Trinajstić information content (AvgIpc) is 3.74. The third kappa shape index (κ3) is 4.61. The molecule has 0 atom stereocenters. The summed E-state index contributed by atoms with van der Waals surface area (Å²) in [6, 6.07) is 65.0. The first-order valence-electron chi connectivity index (χ1n) is 21.3. The third-order valence-corrected chi connectivity index (χ3v) is 14.7. The molecule has 0 aromatic heterocycles. The second-order valence-corrected chi connectivity index (χ2v) is 18.8. The average molecular weight is 755 g/mol. The van der Waals surface area contributed by atoms with Gasteiger partial charge in [0.25, 0.3) is 0 Å². The molecule has 0 heteroatoms. The van der Waals surface area contributed by atoms with Crippen LogP contribution in [0.5, 0.6) is 0 Å². The summed E-state index contributed by atoms with van der Waals surface area (Å²) in [4.78, 5) is 0. The topological polar surface area (TPSA) is 0 Å². The van der Waals surface area contributed by atoms with Gasteiger partial charge < -0.3 is 0 Å². The number of hydrogen-bond donors (Lipinski definition) is 0. The van der Waals surface area contributed by atoms with Crippen LogP contribution in [0.25, 0.3) is 88.3 Å². The van der Waals surface area contributed by atoms with Crippen LogP contribution in [-0.2, 0) is 16.2 Å². The highest BCUT2D eigenvalue weighted by molar-refractivity contribution is 6.22. The zero-order chi connectivity index (χ0) is 40.0. The molecule has 0 N–H and O–H groups in total. The Balaban J connectivity index is 1.13. The molecule has 0 unspecified atom stereocenters. The van der Waals surface area contributed by atoms with Gasteiger partial charge >= 0.3 is 0 Å². The van der Waals surface area contributed by atoms with Crippen LogP contribution in [-0.4, -0.2) is 0 Å². The Bertz CT molecular complexity index is 3290. The van der Waals surface area contributed by atoms with Crippen molar-refractivity contribution in [3.8, 4) is 66.8 Å². The molecule has 3 aliphatic rings. The maximum Gasteiger partial charge on any atom is 0.0159 e. The van der Waals surface area contributed by atoms with Gasteiger partial charge in [0.05, 0.1) is 0 Å². The summed E-state index contributed by atoms with van der Waals surface area (Å²) < 4.78 is 0. The second-order valence-electron chi connectivity index (χ2n) is 18.8. The Labute approximate surface area is 347 Å². The SMILES string of the molecule is CC1(C)c2ccccc2-c2cc(-c3c4ccccc4c(-c4ccc5c(c4)C(C)(C)c4ccccc4-5)c4cc(-c5ccc6c(c5)C(C)(C)c5ccccc5-6)ccc34)ccc21. The summed E-state index contributed by atoms with van der Waals surface area (Å²) in [5.41, 5.74) is 24.0. The summed E-state index contributed by atoms with van der Waals surface area (Å²) in [6.45, 7) is 14.3. The third-order valence-electron chi connectivity index (χ3n) is 14.7. The Morgan fingerprint density at radius 3 is 1.19 bits per heavy atom. The lowest BCUT2D eigenvalue weighted by Gasteiger charge is -2.24. The van der Waals surface area contributed by atoms with Crippen molar-refractivity contribution >= 4 is 21.5 Å². The van der Waals surface area contributed by atoms with Gasteiger partial charge in [-0.3, -0.25) is 0 Å². The van der Waals surface area contributed by atoms with E-state index in [2.05, 4.69) is 211 Å². The lowest BCUT2D eigenvalue weighted by molar-refractivity contribution is 0.660. The van der Waals surface area contributed by atoms with E-state index in [1.54, 1.807) is 0 Å². The number of rotatable bonds is 3. The molecular weight excluding hydrogens is 709 g/mol. The highest BCUT2D eigenvalue weighted by atomic mass is 14.4. The van der Waals surface area contributed by atoms with E-state index in [-0.39, 0.29) is 16.2 Å². The largest absolute Gasteiger partial charge is 0.0619 e. The predicted molar refractivity (Wildman–Crippen MR) is 250 cm³/mol. The van der Waals surface area contributed by atoms with E-state index >= 15 is 0 Å². The van der Waals surface area contributed by atoms with Gasteiger partial charge in [-0.15, -0.1) is 0 Å². The summed E-state index contributed by atoms with van der Waals surface area (Å²) in [5, 5.41) is 5.14. The highest BCUT2D eigenvalue weighted by Crippen LogP contribution is 2.54. The molecule has 0 heterocycles. The minimum atomic E-state index is -0.0953. The predicted octanol–water partition coefficient (Wildman–Crippen LogP) is 15.9. The van der Waals surface area contributed by atoms with Crippen molar-refractivity contribution in [2.45, 2.75) is 57.8 Å². The second kappa shape index (κ2) is 11.8. The molecule has 0 spiro atoms. The quantitative estimate of drug-likeness (QED) is 0.158. The highest BCUT2D eigenvalue weighted by Gasteiger charge is 2.38. The molecule has 0 saturated heterocycles. The number of fused-ring (bicyclic) bond motifs is 11. The first kappa shape index (κ1) is 34.5. The van der Waals surface area contributed by atoms with Crippen LogP contribution in [0, 0.1) is 0 Å². The summed E-state index contributed by atoms with van der Waals surface area (Å²) >= 11 is 0. The van der Waals surface area contributed by atoms with Crippen molar-refractivity contribution in [2.75, 3.05) is 0 Å². The summed E-state index contributed by atoms with van der Waals surface area (Å²) in [7, 11) is 0. The van der Waals surface area contributed by atoms with Gasteiger partial charge in [-0.2, -0.15) is 0 Å². The molecule has 3 aliphatic carbocycles. The summed E-state index contributed by atoms with van der Waals surface area (Å²) in [6.07, 6.45) is 0. The summed E-state index contributed by atoms with van der Waals surface area (Å²) in [5.74, 6) is 0. The van der Waals surface area contributed by atoms with E-state index in [4.69, 9.17) is 0 Å². The van der Waals surface area contributed by atoms with Gasteiger partial charge in [-0.1, -0.05) is 187 Å². The number of hydrogen-bond acceptors (Lipinski definition) is 0. The van der Waals surface area contributed by atoms with E-state index < -0.39 is 0 Å². The fourth-order valence-corrected chi connectivity index (χ4v) is 11.6. The molecule has 0 bridgehead atoms. The minimum absolute atomic E-state index is 0.0415. The van der Waals surface area contributed by atoms with Gasteiger partial charge in [-0.05, 0) is 146 Å². The fraction of sp³-hybridized carbons (Fsp3) is 0.153. The van der Waals surface area contributed by atoms with Crippen molar-refractivity contribution in [1.82, 2.24) is 0 Å². The molecule has 282 valence electrons. The van der Waals surface area contributed by atoms with E-state index in [1.807, 2.05) is 0 Å². The lowest BCUT2D eigenvalue weighted by Crippen LogP contribution is -2.15. The Morgan fingerprint density at radius 1 is 0.237 bits per heavy atom. The van der Waals surface area contributed by atoms with E-state index in [0.717, 1.165) is 0 Å². The van der Waals surface area contributed by atoms with Crippen molar-refractivity contribution < 1.29 is 0 Å². The standard InChI is InChI=1S/C59H46/c1-57(2)51-22-14-11-17-41(51)47-32-37(26-30-52(47)57)55-44-18-7-8-19-45(44)56(38-25-28-43-40-16-10-13-21-50(40)59(5,6)54(43)34-38)48-31-35(24-29-46(48)55)36-23-27-42-39-15-9-12-20-49(39)58(3,4)53(42)33-36/h7-34H,1-6H3. The van der Waals surface area contributed by atoms with Crippen molar-refractivity contribution in [3.63, 3.8) is 0 Å². The van der Waals surface area contributed by atoms with Crippen LogP contribution in [0.2, 0.25) is 0 Å². The van der Waals surface area contributed by atoms with Gasteiger partial charge in [0.15, 0.2) is 0 Å². The van der Waals surface area contributed by atoms with E-state index in [9.17, 15) is 0 Å². The van der Waals surface area contributed by atoms with Crippen molar-refractivity contribution in [2.24, 2.45) is 0 Å². The zero-order valence-corrected chi connectivity index (χ0v) is 34.7. The zero-order valence-electron chi connectivity index (χ0n) is 34.7. The van der Waals surface area contributed by atoms with Crippen molar-refractivity contribution in [3.05, 3.63) is 203 Å². The van der Waals surface area contributed by atoms with Gasteiger partial charge in [0.1, 0.15) is 0 Å².